The Kier molecular flexibility index (Phi) is 7.58. The summed E-state index contributed by atoms with van der Waals surface area (Å²) in [7, 11) is 0. The molecule has 1 unspecified atom stereocenters. The number of ether oxygens (including phenoxy) is 1. The van der Waals surface area contributed by atoms with Gasteiger partial charge in [0.05, 0.1) is 6.10 Å². The number of carboxylic acids is 1. The molecule has 2 bridgehead atoms. The summed E-state index contributed by atoms with van der Waals surface area (Å²) < 4.78 is 5.49. The number of Topliss-reactive ketones (excluding diaryl/α,β-unsaturated/α-hetero) is 1. The van der Waals surface area contributed by atoms with Crippen LogP contribution in [-0.4, -0.2) is 34.7 Å². The summed E-state index contributed by atoms with van der Waals surface area (Å²) in [5, 5.41) is 19.7. The van der Waals surface area contributed by atoms with Crippen LogP contribution in [-0.2, 0) is 16.0 Å². The first-order valence-electron chi connectivity index (χ1n) is 11.6. The summed E-state index contributed by atoms with van der Waals surface area (Å²) >= 11 is 0. The second-order valence-electron chi connectivity index (χ2n) is 9.85. The molecule has 2 aliphatic carbocycles. The number of carbonyl (C=O) groups excluding carboxylic acids is 1. The second-order valence-corrected chi connectivity index (χ2v) is 9.85. The Morgan fingerprint density at radius 1 is 1.26 bits per heavy atom. The number of fused-ring (bicyclic) bond motifs is 2. The topological polar surface area (TPSA) is 83.8 Å². The predicted octanol–water partition coefficient (Wildman–Crippen LogP) is 4.67. The lowest BCUT2D eigenvalue weighted by Crippen LogP contribution is -2.28. The van der Waals surface area contributed by atoms with Gasteiger partial charge in [-0.15, -0.1) is 0 Å². The van der Waals surface area contributed by atoms with Crippen LogP contribution in [0.25, 0.3) is 0 Å². The number of hydrogen-bond acceptors (Lipinski definition) is 4. The normalized spacial score (nSPS) is 26.5. The van der Waals surface area contributed by atoms with Crippen LogP contribution in [0.4, 0.5) is 0 Å². The lowest BCUT2D eigenvalue weighted by Gasteiger charge is -2.31. The number of aliphatic hydroxyl groups excluding tert-OH is 1. The number of carbonyl (C=O) groups is 2. The summed E-state index contributed by atoms with van der Waals surface area (Å²) in [4.78, 5) is 23.8. The Hall–Kier alpha value is -2.14. The van der Waals surface area contributed by atoms with Crippen LogP contribution in [0.2, 0.25) is 0 Å². The summed E-state index contributed by atoms with van der Waals surface area (Å²) in [6, 6.07) is 7.50. The summed E-state index contributed by atoms with van der Waals surface area (Å²) in [6.45, 7) is 5.96. The van der Waals surface area contributed by atoms with Crippen molar-refractivity contribution < 1.29 is 24.5 Å². The zero-order valence-corrected chi connectivity index (χ0v) is 18.9. The van der Waals surface area contributed by atoms with Gasteiger partial charge in [-0.05, 0) is 54.6 Å². The van der Waals surface area contributed by atoms with Crippen LogP contribution in [0.1, 0.15) is 58.4 Å². The van der Waals surface area contributed by atoms with Gasteiger partial charge < -0.3 is 14.9 Å². The van der Waals surface area contributed by atoms with Crippen molar-refractivity contribution in [3.05, 3.63) is 42.0 Å². The van der Waals surface area contributed by atoms with Gasteiger partial charge in [0.1, 0.15) is 11.5 Å². The summed E-state index contributed by atoms with van der Waals surface area (Å²) in [6.07, 6.45) is 9.12. The molecule has 5 nitrogen and oxygen atoms in total. The number of aliphatic hydroxyl groups is 1. The molecule has 0 aromatic heterocycles. The quantitative estimate of drug-likeness (QED) is 0.501. The molecule has 0 radical (unpaired) electrons. The van der Waals surface area contributed by atoms with Gasteiger partial charge in [-0.3, -0.25) is 4.79 Å². The van der Waals surface area contributed by atoms with E-state index in [0.717, 1.165) is 37.7 Å². The number of aliphatic carboxylic acids is 1. The molecule has 2 saturated carbocycles. The molecule has 5 heteroatoms. The fourth-order valence-corrected chi connectivity index (χ4v) is 5.33. The SMILES string of the molecule is CCCCC(C)(C)C(O)/C=C/[C@@H]1[C@H](Cc2ccccc2OCC(=O)O)[C@@H]2CC[C@H]1C2=O. The minimum atomic E-state index is -1.01. The maximum Gasteiger partial charge on any atom is 0.341 e. The van der Waals surface area contributed by atoms with Crippen LogP contribution in [0, 0.1) is 29.1 Å². The smallest absolute Gasteiger partial charge is 0.341 e. The standard InChI is InChI=1S/C26H36O5/c1-4-5-14-26(2,3)23(27)13-12-18-19-10-11-20(25(19)30)21(18)15-17-8-6-7-9-22(17)31-16-24(28)29/h6-9,12-13,18-21,23,27H,4-5,10-11,14-16H2,1-3H3,(H,28,29)/b13-12+/t18-,19+,20-,21-,23?/m0/s1. The molecule has 31 heavy (non-hydrogen) atoms. The molecule has 170 valence electrons. The van der Waals surface area contributed by atoms with Crippen LogP contribution in [0.5, 0.6) is 5.75 Å². The number of carboxylic acid groups (broad SMARTS) is 1. The Morgan fingerprint density at radius 2 is 1.97 bits per heavy atom. The van der Waals surface area contributed by atoms with Gasteiger partial charge in [0.15, 0.2) is 6.61 Å². The van der Waals surface area contributed by atoms with Crippen LogP contribution < -0.4 is 4.74 Å². The zero-order chi connectivity index (χ0) is 22.6. The van der Waals surface area contributed by atoms with Gasteiger partial charge in [-0.25, -0.2) is 4.79 Å². The van der Waals surface area contributed by atoms with Gasteiger partial charge in [0.25, 0.3) is 0 Å². The van der Waals surface area contributed by atoms with E-state index in [0.29, 0.717) is 18.0 Å². The van der Waals surface area contributed by atoms with E-state index in [1.54, 1.807) is 6.07 Å². The second kappa shape index (κ2) is 9.99. The molecule has 1 aromatic rings. The fourth-order valence-electron chi connectivity index (χ4n) is 5.33. The van der Waals surface area contributed by atoms with Crippen molar-refractivity contribution in [1.82, 2.24) is 0 Å². The van der Waals surface area contributed by atoms with Crippen molar-refractivity contribution in [3.63, 3.8) is 0 Å². The van der Waals surface area contributed by atoms with E-state index < -0.39 is 12.1 Å². The maximum absolute atomic E-state index is 12.9. The molecule has 1 aromatic carbocycles. The minimum Gasteiger partial charge on any atom is -0.482 e. The maximum atomic E-state index is 12.9. The molecule has 0 saturated heterocycles. The van der Waals surface area contributed by atoms with Crippen molar-refractivity contribution in [2.45, 2.75) is 65.4 Å². The highest BCUT2D eigenvalue weighted by atomic mass is 16.5. The first kappa shape index (κ1) is 23.5. The number of benzene rings is 1. The van der Waals surface area contributed by atoms with E-state index in [4.69, 9.17) is 9.84 Å². The lowest BCUT2D eigenvalue weighted by atomic mass is 9.75. The molecule has 3 rings (SSSR count). The first-order valence-corrected chi connectivity index (χ1v) is 11.6. The summed E-state index contributed by atoms with van der Waals surface area (Å²) in [5.74, 6) is 0.248. The monoisotopic (exact) mass is 428 g/mol. The molecular weight excluding hydrogens is 392 g/mol. The van der Waals surface area contributed by atoms with E-state index >= 15 is 0 Å². The number of unbranched alkanes of at least 4 members (excludes halogenated alkanes) is 1. The molecular formula is C26H36O5. The molecule has 2 aliphatic rings. The largest absolute Gasteiger partial charge is 0.482 e. The highest BCUT2D eigenvalue weighted by molar-refractivity contribution is 5.88. The van der Waals surface area contributed by atoms with E-state index in [1.807, 2.05) is 24.3 Å². The van der Waals surface area contributed by atoms with E-state index in [1.165, 1.54) is 0 Å². The van der Waals surface area contributed by atoms with Gasteiger partial charge in [-0.1, -0.05) is 64.0 Å². The van der Waals surface area contributed by atoms with Gasteiger partial charge in [-0.2, -0.15) is 0 Å². The predicted molar refractivity (Wildman–Crippen MR) is 120 cm³/mol. The number of allylic oxidation sites excluding steroid dienone is 1. The summed E-state index contributed by atoms with van der Waals surface area (Å²) in [5.41, 5.74) is 0.747. The van der Waals surface area contributed by atoms with Crippen LogP contribution >= 0.6 is 0 Å². The third kappa shape index (κ3) is 5.38. The van der Waals surface area contributed by atoms with Crippen molar-refractivity contribution in [1.29, 1.82) is 0 Å². The number of para-hydroxylation sites is 1. The third-order valence-corrected chi connectivity index (χ3v) is 7.27. The average Bonchev–Trinajstić information content (AvgIpc) is 3.22. The zero-order valence-electron chi connectivity index (χ0n) is 18.9. The van der Waals surface area contributed by atoms with Crippen LogP contribution in [0.3, 0.4) is 0 Å². The molecule has 2 fully saturated rings. The Labute approximate surface area is 185 Å². The fraction of sp³-hybridized carbons (Fsp3) is 0.615. The van der Waals surface area contributed by atoms with E-state index in [-0.39, 0.29) is 35.7 Å². The highest BCUT2D eigenvalue weighted by Crippen LogP contribution is 2.52. The molecule has 0 amide bonds. The molecule has 2 N–H and O–H groups in total. The van der Waals surface area contributed by atoms with Gasteiger partial charge >= 0.3 is 5.97 Å². The van der Waals surface area contributed by atoms with Crippen molar-refractivity contribution in [2.24, 2.45) is 29.1 Å². The Morgan fingerprint density at radius 3 is 2.68 bits per heavy atom. The molecule has 5 atom stereocenters. The van der Waals surface area contributed by atoms with Gasteiger partial charge in [0, 0.05) is 11.8 Å². The van der Waals surface area contributed by atoms with Crippen molar-refractivity contribution >= 4 is 11.8 Å². The Bertz CT molecular complexity index is 812. The van der Waals surface area contributed by atoms with Crippen molar-refractivity contribution in [3.8, 4) is 5.75 Å². The number of rotatable bonds is 11. The minimum absolute atomic E-state index is 0.0318. The average molecular weight is 429 g/mol. The van der Waals surface area contributed by atoms with Crippen LogP contribution in [0.15, 0.2) is 36.4 Å². The number of ketones is 1. The molecule has 0 aliphatic heterocycles. The van der Waals surface area contributed by atoms with E-state index in [2.05, 4.69) is 26.8 Å². The number of hydrogen-bond donors (Lipinski definition) is 2. The van der Waals surface area contributed by atoms with Gasteiger partial charge in [0.2, 0.25) is 0 Å². The first-order chi connectivity index (χ1) is 14.7. The molecule has 0 spiro atoms. The van der Waals surface area contributed by atoms with Crippen molar-refractivity contribution in [2.75, 3.05) is 6.61 Å². The van der Waals surface area contributed by atoms with E-state index in [9.17, 15) is 14.7 Å². The molecule has 0 heterocycles. The third-order valence-electron chi connectivity index (χ3n) is 7.27. The lowest BCUT2D eigenvalue weighted by molar-refractivity contribution is -0.139. The Balaban J connectivity index is 1.77. The highest BCUT2D eigenvalue weighted by Gasteiger charge is 2.52.